The number of hydrogen-bond acceptors (Lipinski definition) is 1. The molecular formula is C13H24F3N. The van der Waals surface area contributed by atoms with Crippen molar-refractivity contribution in [3.63, 3.8) is 0 Å². The smallest absolute Gasteiger partial charge is 0.318 e. The Labute approximate surface area is 102 Å². The molecule has 0 spiro atoms. The monoisotopic (exact) mass is 251 g/mol. The molecule has 1 nitrogen and oxygen atoms in total. The molecule has 0 bridgehead atoms. The highest BCUT2D eigenvalue weighted by molar-refractivity contribution is 4.91. The molecule has 0 radical (unpaired) electrons. The summed E-state index contributed by atoms with van der Waals surface area (Å²) in [7, 11) is 0. The highest BCUT2D eigenvalue weighted by Crippen LogP contribution is 2.36. The van der Waals surface area contributed by atoms with E-state index in [1.165, 1.54) is 6.42 Å². The summed E-state index contributed by atoms with van der Waals surface area (Å²) in [6.07, 6.45) is 4.56. The van der Waals surface area contributed by atoms with E-state index in [0.717, 1.165) is 38.5 Å². The maximum atomic E-state index is 12.9. The lowest BCUT2D eigenvalue weighted by atomic mass is 9.86. The van der Waals surface area contributed by atoms with Crippen LogP contribution in [0, 0.1) is 0 Å². The van der Waals surface area contributed by atoms with Gasteiger partial charge in [0.1, 0.15) is 5.54 Å². The Hall–Kier alpha value is -0.250. The highest BCUT2D eigenvalue weighted by atomic mass is 19.4. The van der Waals surface area contributed by atoms with Gasteiger partial charge >= 0.3 is 6.18 Å². The fourth-order valence-corrected chi connectivity index (χ4v) is 2.53. The zero-order chi connectivity index (χ0) is 12.8. The standard InChI is InChI=1S/C13H24F3N/c14-13(15,16)12(17)10-8-6-4-2-1-3-5-7-9-11-12/h1-11,17H2. The second kappa shape index (κ2) is 6.62. The van der Waals surface area contributed by atoms with Gasteiger partial charge < -0.3 is 5.73 Å². The summed E-state index contributed by atoms with van der Waals surface area (Å²) in [6.45, 7) is 0. The van der Waals surface area contributed by atoms with Crippen LogP contribution in [0.15, 0.2) is 0 Å². The fraction of sp³-hybridized carbons (Fsp3) is 1.00. The molecule has 2 N–H and O–H groups in total. The Morgan fingerprint density at radius 3 is 1.24 bits per heavy atom. The van der Waals surface area contributed by atoms with Crippen molar-refractivity contribution in [3.8, 4) is 0 Å². The van der Waals surface area contributed by atoms with Crippen molar-refractivity contribution < 1.29 is 13.2 Å². The average Bonchev–Trinajstić information content (AvgIpc) is 2.21. The molecule has 0 atom stereocenters. The third-order valence-corrected chi connectivity index (χ3v) is 3.81. The predicted octanol–water partition coefficient (Wildman–Crippen LogP) is 4.55. The molecule has 0 saturated heterocycles. The number of rotatable bonds is 0. The van der Waals surface area contributed by atoms with Crippen LogP contribution in [0.1, 0.15) is 70.6 Å². The SMILES string of the molecule is NC1(C(F)(F)F)CCCCCCCCCCC1. The first-order valence-corrected chi connectivity index (χ1v) is 6.81. The van der Waals surface area contributed by atoms with E-state index in [9.17, 15) is 13.2 Å². The Balaban J connectivity index is 2.54. The number of alkyl halides is 3. The van der Waals surface area contributed by atoms with Gasteiger partial charge in [-0.1, -0.05) is 57.8 Å². The molecule has 1 rings (SSSR count). The van der Waals surface area contributed by atoms with Gasteiger partial charge in [-0.2, -0.15) is 13.2 Å². The molecule has 1 fully saturated rings. The summed E-state index contributed by atoms with van der Waals surface area (Å²) >= 11 is 0. The summed E-state index contributed by atoms with van der Waals surface area (Å²) in [6, 6.07) is 0. The van der Waals surface area contributed by atoms with Crippen LogP contribution in [0.3, 0.4) is 0 Å². The van der Waals surface area contributed by atoms with Crippen LogP contribution in [0.5, 0.6) is 0 Å². The van der Waals surface area contributed by atoms with E-state index in [-0.39, 0.29) is 12.8 Å². The molecule has 0 aliphatic heterocycles. The van der Waals surface area contributed by atoms with Crippen LogP contribution in [0.4, 0.5) is 13.2 Å². The van der Waals surface area contributed by atoms with Gasteiger partial charge in [0.2, 0.25) is 0 Å². The van der Waals surface area contributed by atoms with Crippen LogP contribution in [-0.4, -0.2) is 11.7 Å². The molecule has 0 heterocycles. The second-order valence-electron chi connectivity index (χ2n) is 5.34. The first-order valence-electron chi connectivity index (χ1n) is 6.81. The van der Waals surface area contributed by atoms with E-state index >= 15 is 0 Å². The molecule has 4 heteroatoms. The van der Waals surface area contributed by atoms with Crippen molar-refractivity contribution in [1.82, 2.24) is 0 Å². The maximum Gasteiger partial charge on any atom is 0.406 e. The normalized spacial score (nSPS) is 24.7. The first kappa shape index (κ1) is 14.8. The van der Waals surface area contributed by atoms with E-state index in [1.807, 2.05) is 0 Å². The maximum absolute atomic E-state index is 12.9. The molecule has 1 aliphatic carbocycles. The van der Waals surface area contributed by atoms with Crippen molar-refractivity contribution in [2.45, 2.75) is 82.3 Å². The van der Waals surface area contributed by atoms with Gasteiger partial charge in [0, 0.05) is 0 Å². The van der Waals surface area contributed by atoms with Crippen LogP contribution in [-0.2, 0) is 0 Å². The second-order valence-corrected chi connectivity index (χ2v) is 5.34. The van der Waals surface area contributed by atoms with Crippen LogP contribution in [0.2, 0.25) is 0 Å². The number of nitrogens with two attached hydrogens (primary N) is 1. The third-order valence-electron chi connectivity index (χ3n) is 3.81. The Morgan fingerprint density at radius 1 is 0.647 bits per heavy atom. The summed E-state index contributed by atoms with van der Waals surface area (Å²) in [5.41, 5.74) is 3.65. The van der Waals surface area contributed by atoms with Gasteiger partial charge in [-0.3, -0.25) is 0 Å². The molecule has 0 aromatic heterocycles. The lowest BCUT2D eigenvalue weighted by Gasteiger charge is -2.32. The van der Waals surface area contributed by atoms with Gasteiger partial charge in [-0.15, -0.1) is 0 Å². The third kappa shape index (κ3) is 4.86. The van der Waals surface area contributed by atoms with E-state index in [2.05, 4.69) is 0 Å². The van der Waals surface area contributed by atoms with Crippen molar-refractivity contribution in [3.05, 3.63) is 0 Å². The van der Waals surface area contributed by atoms with Gasteiger partial charge in [0.15, 0.2) is 0 Å². The zero-order valence-corrected chi connectivity index (χ0v) is 10.5. The molecule has 17 heavy (non-hydrogen) atoms. The number of halogens is 3. The van der Waals surface area contributed by atoms with E-state index in [0.29, 0.717) is 12.8 Å². The summed E-state index contributed by atoms with van der Waals surface area (Å²) < 4.78 is 38.8. The summed E-state index contributed by atoms with van der Waals surface area (Å²) in [5.74, 6) is 0. The largest absolute Gasteiger partial charge is 0.406 e. The van der Waals surface area contributed by atoms with E-state index in [4.69, 9.17) is 5.73 Å². The van der Waals surface area contributed by atoms with Gasteiger partial charge in [-0.05, 0) is 12.8 Å². The lowest BCUT2D eigenvalue weighted by Crippen LogP contribution is -2.53. The molecular weight excluding hydrogens is 227 g/mol. The fourth-order valence-electron chi connectivity index (χ4n) is 2.53. The zero-order valence-electron chi connectivity index (χ0n) is 10.5. The molecule has 0 unspecified atom stereocenters. The predicted molar refractivity (Wildman–Crippen MR) is 63.8 cm³/mol. The first-order chi connectivity index (χ1) is 7.96. The van der Waals surface area contributed by atoms with Crippen LogP contribution >= 0.6 is 0 Å². The molecule has 102 valence electrons. The van der Waals surface area contributed by atoms with Crippen LogP contribution in [0.25, 0.3) is 0 Å². The van der Waals surface area contributed by atoms with Crippen molar-refractivity contribution in [1.29, 1.82) is 0 Å². The minimum atomic E-state index is -4.25. The van der Waals surface area contributed by atoms with Gasteiger partial charge in [0.05, 0.1) is 0 Å². The van der Waals surface area contributed by atoms with Gasteiger partial charge in [-0.25, -0.2) is 0 Å². The molecule has 1 saturated carbocycles. The molecule has 0 amide bonds. The highest BCUT2D eigenvalue weighted by Gasteiger charge is 2.50. The minimum absolute atomic E-state index is 0.0938. The average molecular weight is 251 g/mol. The lowest BCUT2D eigenvalue weighted by molar-refractivity contribution is -0.190. The van der Waals surface area contributed by atoms with Crippen molar-refractivity contribution >= 4 is 0 Å². The van der Waals surface area contributed by atoms with Crippen molar-refractivity contribution in [2.24, 2.45) is 5.73 Å². The molecule has 0 aromatic rings. The topological polar surface area (TPSA) is 26.0 Å². The Morgan fingerprint density at radius 2 is 0.941 bits per heavy atom. The Kier molecular flexibility index (Phi) is 5.77. The Bertz CT molecular complexity index is 201. The minimum Gasteiger partial charge on any atom is -0.318 e. The summed E-state index contributed by atoms with van der Waals surface area (Å²) in [4.78, 5) is 0. The van der Waals surface area contributed by atoms with Crippen molar-refractivity contribution in [2.75, 3.05) is 0 Å². The molecule has 1 aliphatic rings. The summed E-state index contributed by atoms with van der Waals surface area (Å²) in [5, 5.41) is 0. The van der Waals surface area contributed by atoms with Crippen LogP contribution < -0.4 is 5.73 Å². The van der Waals surface area contributed by atoms with E-state index < -0.39 is 11.7 Å². The van der Waals surface area contributed by atoms with E-state index in [1.54, 1.807) is 0 Å². The quantitative estimate of drug-likeness (QED) is 0.671. The van der Waals surface area contributed by atoms with Gasteiger partial charge in [0.25, 0.3) is 0 Å². The molecule has 0 aromatic carbocycles. The number of hydrogen-bond donors (Lipinski definition) is 1.